The molecular weight excluding hydrogens is 301 g/mol. The van der Waals surface area contributed by atoms with Crippen LogP contribution in [-0.2, 0) is 17.7 Å². The topological polar surface area (TPSA) is 12.5 Å². The van der Waals surface area contributed by atoms with E-state index >= 15 is 0 Å². The van der Waals surface area contributed by atoms with Crippen LogP contribution >= 0.6 is 11.6 Å². The highest BCUT2D eigenvalue weighted by Crippen LogP contribution is 2.19. The second-order valence-electron chi connectivity index (χ2n) is 5.67. The van der Waals surface area contributed by atoms with Crippen molar-refractivity contribution in [1.29, 1.82) is 0 Å². The van der Waals surface area contributed by atoms with Crippen molar-refractivity contribution in [3.8, 4) is 0 Å². The highest BCUT2D eigenvalue weighted by atomic mass is 35.5. The van der Waals surface area contributed by atoms with Gasteiger partial charge in [-0.1, -0.05) is 48.0 Å². The monoisotopic (exact) mass is 319 g/mol. The van der Waals surface area contributed by atoms with Gasteiger partial charge in [-0.25, -0.2) is 4.39 Å². The average Bonchev–Trinajstić information content (AvgIpc) is 2.52. The van der Waals surface area contributed by atoms with Gasteiger partial charge in [0.1, 0.15) is 5.82 Å². The predicted molar refractivity (Wildman–Crippen MR) is 86.6 cm³/mol. The predicted octanol–water partition coefficient (Wildman–Crippen LogP) is 3.92. The van der Waals surface area contributed by atoms with Crippen LogP contribution in [0.3, 0.4) is 0 Å². The molecule has 0 spiro atoms. The van der Waals surface area contributed by atoms with E-state index in [1.54, 1.807) is 12.1 Å². The van der Waals surface area contributed by atoms with E-state index in [4.69, 9.17) is 16.3 Å². The zero-order valence-corrected chi connectivity index (χ0v) is 13.1. The van der Waals surface area contributed by atoms with Crippen LogP contribution in [-0.4, -0.2) is 30.7 Å². The number of ether oxygens (including phenoxy) is 1. The number of nitrogens with zero attached hydrogens (tertiary/aromatic N) is 1. The lowest BCUT2D eigenvalue weighted by molar-refractivity contribution is -0.0305. The number of morpholine rings is 1. The van der Waals surface area contributed by atoms with Gasteiger partial charge in [0.2, 0.25) is 0 Å². The molecule has 0 radical (unpaired) electrons. The zero-order chi connectivity index (χ0) is 15.4. The van der Waals surface area contributed by atoms with E-state index in [-0.39, 0.29) is 16.9 Å². The van der Waals surface area contributed by atoms with Gasteiger partial charge in [0.05, 0.1) is 17.7 Å². The smallest absolute Gasteiger partial charge is 0.141 e. The summed E-state index contributed by atoms with van der Waals surface area (Å²) in [5.74, 6) is -0.374. The number of rotatable bonds is 4. The lowest BCUT2D eigenvalue weighted by Gasteiger charge is -2.33. The van der Waals surface area contributed by atoms with E-state index in [0.29, 0.717) is 0 Å². The first-order chi connectivity index (χ1) is 10.7. The van der Waals surface area contributed by atoms with Crippen molar-refractivity contribution in [2.75, 3.05) is 19.7 Å². The Morgan fingerprint density at radius 3 is 2.73 bits per heavy atom. The van der Waals surface area contributed by atoms with Crippen LogP contribution in [0.15, 0.2) is 48.5 Å². The van der Waals surface area contributed by atoms with Crippen LogP contribution in [0.5, 0.6) is 0 Å². The number of hydrogen-bond donors (Lipinski definition) is 0. The molecule has 0 amide bonds. The molecule has 1 fully saturated rings. The summed E-state index contributed by atoms with van der Waals surface area (Å²) in [6.45, 7) is 3.48. The average molecular weight is 320 g/mol. The summed E-state index contributed by atoms with van der Waals surface area (Å²) in [5, 5.41) is 0.175. The Balaban J connectivity index is 1.59. The highest BCUT2D eigenvalue weighted by Gasteiger charge is 2.21. The molecule has 4 heteroatoms. The number of benzene rings is 2. The van der Waals surface area contributed by atoms with Gasteiger partial charge in [0.15, 0.2) is 0 Å². The second-order valence-corrected chi connectivity index (χ2v) is 6.07. The maximum Gasteiger partial charge on any atom is 0.141 e. The zero-order valence-electron chi connectivity index (χ0n) is 12.3. The molecule has 22 heavy (non-hydrogen) atoms. The molecule has 2 aromatic rings. The fourth-order valence-electron chi connectivity index (χ4n) is 2.82. The molecule has 3 rings (SSSR count). The van der Waals surface area contributed by atoms with Gasteiger partial charge in [-0.3, -0.25) is 4.90 Å². The molecule has 0 bridgehead atoms. The quantitative estimate of drug-likeness (QED) is 0.847. The third-order valence-electron chi connectivity index (χ3n) is 3.92. The maximum absolute atomic E-state index is 13.2. The van der Waals surface area contributed by atoms with Gasteiger partial charge in [0, 0.05) is 19.6 Å². The minimum atomic E-state index is -0.374. The van der Waals surface area contributed by atoms with E-state index < -0.39 is 0 Å². The van der Waals surface area contributed by atoms with Crippen LogP contribution in [0, 0.1) is 5.82 Å². The van der Waals surface area contributed by atoms with Gasteiger partial charge in [-0.15, -0.1) is 0 Å². The molecule has 116 valence electrons. The molecule has 1 aliphatic rings. The van der Waals surface area contributed by atoms with E-state index in [9.17, 15) is 4.39 Å². The Labute approximate surface area is 135 Å². The fourth-order valence-corrected chi connectivity index (χ4v) is 3.02. The summed E-state index contributed by atoms with van der Waals surface area (Å²) in [5.41, 5.74) is 2.32. The molecule has 2 aromatic carbocycles. The van der Waals surface area contributed by atoms with Crippen molar-refractivity contribution >= 4 is 11.6 Å². The summed E-state index contributed by atoms with van der Waals surface area (Å²) >= 11 is 5.84. The summed E-state index contributed by atoms with van der Waals surface area (Å²) < 4.78 is 19.1. The standard InChI is InChI=1S/C18H19ClFNO/c19-17-11-15(6-7-18(17)20)10-16-13-21(8-9-22-16)12-14-4-2-1-3-5-14/h1-7,11,16H,8-10,12-13H2/t16-/m1/s1. The first kappa shape index (κ1) is 15.5. The SMILES string of the molecule is Fc1ccc(C[C@@H]2CN(Cc3ccccc3)CCO2)cc1Cl. The summed E-state index contributed by atoms with van der Waals surface area (Å²) in [4.78, 5) is 2.40. The van der Waals surface area contributed by atoms with Crippen molar-refractivity contribution in [2.24, 2.45) is 0 Å². The third kappa shape index (κ3) is 4.07. The van der Waals surface area contributed by atoms with Gasteiger partial charge in [-0.2, -0.15) is 0 Å². The molecule has 1 saturated heterocycles. The largest absolute Gasteiger partial charge is 0.375 e. The van der Waals surface area contributed by atoms with Crippen molar-refractivity contribution in [1.82, 2.24) is 4.90 Å². The van der Waals surface area contributed by atoms with Crippen molar-refractivity contribution in [2.45, 2.75) is 19.1 Å². The normalized spacial score (nSPS) is 19.3. The lowest BCUT2D eigenvalue weighted by atomic mass is 10.1. The van der Waals surface area contributed by atoms with E-state index in [1.807, 2.05) is 6.07 Å². The molecular formula is C18H19ClFNO. The van der Waals surface area contributed by atoms with Crippen LogP contribution in [0.4, 0.5) is 4.39 Å². The van der Waals surface area contributed by atoms with E-state index in [1.165, 1.54) is 11.6 Å². The molecule has 0 N–H and O–H groups in total. The summed E-state index contributed by atoms with van der Waals surface area (Å²) in [7, 11) is 0. The Kier molecular flexibility index (Phi) is 5.08. The van der Waals surface area contributed by atoms with Crippen LogP contribution < -0.4 is 0 Å². The van der Waals surface area contributed by atoms with Gasteiger partial charge in [0.25, 0.3) is 0 Å². The minimum absolute atomic E-state index is 0.124. The van der Waals surface area contributed by atoms with Crippen molar-refractivity contribution < 1.29 is 9.13 Å². The molecule has 0 aromatic heterocycles. The molecule has 0 aliphatic carbocycles. The maximum atomic E-state index is 13.2. The Morgan fingerprint density at radius 2 is 1.95 bits per heavy atom. The van der Waals surface area contributed by atoms with E-state index in [0.717, 1.165) is 38.2 Å². The lowest BCUT2D eigenvalue weighted by Crippen LogP contribution is -2.42. The molecule has 1 aliphatic heterocycles. The molecule has 0 unspecified atom stereocenters. The van der Waals surface area contributed by atoms with Gasteiger partial charge in [-0.05, 0) is 29.7 Å². The highest BCUT2D eigenvalue weighted by molar-refractivity contribution is 6.30. The van der Waals surface area contributed by atoms with Crippen LogP contribution in [0.25, 0.3) is 0 Å². The van der Waals surface area contributed by atoms with Gasteiger partial charge >= 0.3 is 0 Å². The molecule has 2 nitrogen and oxygen atoms in total. The second kappa shape index (κ2) is 7.23. The fraction of sp³-hybridized carbons (Fsp3) is 0.333. The summed E-state index contributed by atoms with van der Waals surface area (Å²) in [6, 6.07) is 15.3. The van der Waals surface area contributed by atoms with Crippen molar-refractivity contribution in [3.05, 3.63) is 70.5 Å². The van der Waals surface area contributed by atoms with E-state index in [2.05, 4.69) is 29.2 Å². The first-order valence-electron chi connectivity index (χ1n) is 7.52. The third-order valence-corrected chi connectivity index (χ3v) is 4.21. The molecule has 1 heterocycles. The van der Waals surface area contributed by atoms with Gasteiger partial charge < -0.3 is 4.74 Å². The number of hydrogen-bond acceptors (Lipinski definition) is 2. The van der Waals surface area contributed by atoms with Crippen LogP contribution in [0.1, 0.15) is 11.1 Å². The molecule has 0 saturated carbocycles. The Bertz CT molecular complexity index is 620. The number of halogens is 2. The van der Waals surface area contributed by atoms with Crippen LogP contribution in [0.2, 0.25) is 5.02 Å². The summed E-state index contributed by atoms with van der Waals surface area (Å²) in [6.07, 6.45) is 0.879. The van der Waals surface area contributed by atoms with Crippen molar-refractivity contribution in [3.63, 3.8) is 0 Å². The Hall–Kier alpha value is -1.42. The Morgan fingerprint density at radius 1 is 1.14 bits per heavy atom. The minimum Gasteiger partial charge on any atom is -0.375 e. The first-order valence-corrected chi connectivity index (χ1v) is 7.90. The molecule has 1 atom stereocenters.